The van der Waals surface area contributed by atoms with Gasteiger partial charge in [-0.1, -0.05) is 37.3 Å². The Morgan fingerprint density at radius 2 is 2.03 bits per heavy atom. The molecule has 7 nitrogen and oxygen atoms in total. The van der Waals surface area contributed by atoms with Crippen molar-refractivity contribution in [1.29, 1.82) is 5.26 Å². The highest BCUT2D eigenvalue weighted by molar-refractivity contribution is 6.76. The standard InChI is InChI=1S/C22H25ClN6OSi/c1-16(21-26-15-27-29(21)20-9-8-17(13-24)14-25-20)28(10-11-31(2,3)4)22(30)18-6-5-7-19(23)12-18/h5-9,12,14-16H,10-11H2,1-4H3. The second kappa shape index (κ2) is 9.41. The molecule has 0 bridgehead atoms. The number of carbonyl (C=O) groups is 1. The van der Waals surface area contributed by atoms with Gasteiger partial charge in [0.1, 0.15) is 12.4 Å². The zero-order chi connectivity index (χ0) is 22.6. The molecule has 160 valence electrons. The summed E-state index contributed by atoms with van der Waals surface area (Å²) in [6.45, 7) is 9.39. The second-order valence-electron chi connectivity index (χ2n) is 8.54. The van der Waals surface area contributed by atoms with Crippen molar-refractivity contribution in [3.63, 3.8) is 0 Å². The minimum absolute atomic E-state index is 0.101. The number of hydrogen-bond donors (Lipinski definition) is 0. The van der Waals surface area contributed by atoms with Crippen LogP contribution in [0.4, 0.5) is 0 Å². The zero-order valence-corrected chi connectivity index (χ0v) is 19.8. The highest BCUT2D eigenvalue weighted by Gasteiger charge is 2.28. The van der Waals surface area contributed by atoms with Crippen LogP contribution >= 0.6 is 11.6 Å². The maximum absolute atomic E-state index is 13.5. The van der Waals surface area contributed by atoms with E-state index in [-0.39, 0.29) is 11.9 Å². The fourth-order valence-corrected chi connectivity index (χ4v) is 4.24. The first-order chi connectivity index (χ1) is 14.7. The van der Waals surface area contributed by atoms with Crippen LogP contribution in [0.15, 0.2) is 48.9 Å². The second-order valence-corrected chi connectivity index (χ2v) is 14.6. The van der Waals surface area contributed by atoms with Crippen molar-refractivity contribution in [2.75, 3.05) is 6.54 Å². The molecular weight excluding hydrogens is 428 g/mol. The molecule has 31 heavy (non-hydrogen) atoms. The van der Waals surface area contributed by atoms with E-state index in [1.807, 2.05) is 11.8 Å². The average molecular weight is 453 g/mol. The lowest BCUT2D eigenvalue weighted by molar-refractivity contribution is 0.0692. The average Bonchev–Trinajstić information content (AvgIpc) is 3.22. The molecule has 3 rings (SSSR count). The first-order valence-corrected chi connectivity index (χ1v) is 14.1. The summed E-state index contributed by atoms with van der Waals surface area (Å²) in [6.07, 6.45) is 2.94. The molecule has 0 radical (unpaired) electrons. The molecule has 0 saturated heterocycles. The summed E-state index contributed by atoms with van der Waals surface area (Å²) < 4.78 is 1.61. The van der Waals surface area contributed by atoms with Gasteiger partial charge in [-0.15, -0.1) is 0 Å². The van der Waals surface area contributed by atoms with E-state index >= 15 is 0 Å². The van der Waals surface area contributed by atoms with E-state index in [0.717, 1.165) is 6.04 Å². The van der Waals surface area contributed by atoms with Gasteiger partial charge < -0.3 is 4.90 Å². The van der Waals surface area contributed by atoms with E-state index in [2.05, 4.69) is 40.8 Å². The highest BCUT2D eigenvalue weighted by atomic mass is 35.5. The summed E-state index contributed by atoms with van der Waals surface area (Å²) in [7, 11) is -1.40. The van der Waals surface area contributed by atoms with Gasteiger partial charge in [0, 0.05) is 31.4 Å². The molecule has 0 aliphatic heterocycles. The third kappa shape index (κ3) is 5.57. The first kappa shape index (κ1) is 22.7. The van der Waals surface area contributed by atoms with Gasteiger partial charge in [0.2, 0.25) is 0 Å². The van der Waals surface area contributed by atoms with Gasteiger partial charge in [0.25, 0.3) is 5.91 Å². The number of benzene rings is 1. The number of nitriles is 1. The van der Waals surface area contributed by atoms with Gasteiger partial charge in [-0.25, -0.2) is 9.97 Å². The van der Waals surface area contributed by atoms with Crippen LogP contribution in [0.25, 0.3) is 5.82 Å². The van der Waals surface area contributed by atoms with Gasteiger partial charge in [-0.05, 0) is 43.3 Å². The van der Waals surface area contributed by atoms with Gasteiger partial charge in [-0.3, -0.25) is 4.79 Å². The number of amides is 1. The molecule has 0 fully saturated rings. The Hall–Kier alpha value is -3.02. The number of nitrogens with zero attached hydrogens (tertiary/aromatic N) is 6. The summed E-state index contributed by atoms with van der Waals surface area (Å²) in [6, 6.07) is 13.0. The van der Waals surface area contributed by atoms with E-state index in [1.165, 1.54) is 12.5 Å². The SMILES string of the molecule is CC(c1ncnn1-c1ccc(C#N)cn1)N(CC[Si](C)(C)C)C(=O)c1cccc(Cl)c1. The van der Waals surface area contributed by atoms with Gasteiger partial charge in [0.15, 0.2) is 11.6 Å². The van der Waals surface area contributed by atoms with Crippen LogP contribution in [-0.2, 0) is 0 Å². The molecule has 1 unspecified atom stereocenters. The van der Waals surface area contributed by atoms with E-state index in [0.29, 0.717) is 34.3 Å². The van der Waals surface area contributed by atoms with Gasteiger partial charge >= 0.3 is 0 Å². The Balaban J connectivity index is 1.96. The lowest BCUT2D eigenvalue weighted by atomic mass is 10.1. The maximum atomic E-state index is 13.5. The van der Waals surface area contributed by atoms with Crippen LogP contribution in [0.1, 0.15) is 34.7 Å². The largest absolute Gasteiger partial charge is 0.329 e. The molecule has 0 saturated carbocycles. The number of rotatable bonds is 7. The molecule has 9 heteroatoms. The minimum Gasteiger partial charge on any atom is -0.329 e. The fourth-order valence-electron chi connectivity index (χ4n) is 3.14. The maximum Gasteiger partial charge on any atom is 0.254 e. The lowest BCUT2D eigenvalue weighted by Gasteiger charge is -2.31. The molecule has 3 aromatic rings. The van der Waals surface area contributed by atoms with Crippen molar-refractivity contribution in [3.8, 4) is 11.9 Å². The molecule has 2 heterocycles. The molecule has 1 amide bonds. The first-order valence-electron chi connectivity index (χ1n) is 10.0. The lowest BCUT2D eigenvalue weighted by Crippen LogP contribution is -2.38. The Morgan fingerprint density at radius 1 is 1.26 bits per heavy atom. The predicted molar refractivity (Wildman–Crippen MR) is 123 cm³/mol. The smallest absolute Gasteiger partial charge is 0.254 e. The van der Waals surface area contributed by atoms with Crippen molar-refractivity contribution in [3.05, 3.63) is 70.9 Å². The van der Waals surface area contributed by atoms with Gasteiger partial charge in [-0.2, -0.15) is 15.0 Å². The topological polar surface area (TPSA) is 87.7 Å². The van der Waals surface area contributed by atoms with Crippen LogP contribution in [0.5, 0.6) is 0 Å². The van der Waals surface area contributed by atoms with Crippen LogP contribution in [0, 0.1) is 11.3 Å². The molecule has 0 aliphatic rings. The molecular formula is C22H25ClN6OSi. The van der Waals surface area contributed by atoms with E-state index in [4.69, 9.17) is 16.9 Å². The molecule has 0 spiro atoms. The molecule has 0 N–H and O–H groups in total. The number of aromatic nitrogens is 4. The van der Waals surface area contributed by atoms with E-state index in [1.54, 1.807) is 41.1 Å². The summed E-state index contributed by atoms with van der Waals surface area (Å²) in [4.78, 5) is 24.0. The number of pyridine rings is 1. The molecule has 1 atom stereocenters. The van der Waals surface area contributed by atoms with Crippen molar-refractivity contribution < 1.29 is 4.79 Å². The van der Waals surface area contributed by atoms with Crippen LogP contribution in [0.3, 0.4) is 0 Å². The fraction of sp³-hybridized carbons (Fsp3) is 0.318. The summed E-state index contributed by atoms with van der Waals surface area (Å²) in [5.74, 6) is 1.04. The highest BCUT2D eigenvalue weighted by Crippen LogP contribution is 2.25. The number of hydrogen-bond acceptors (Lipinski definition) is 5. The van der Waals surface area contributed by atoms with Crippen molar-refractivity contribution >= 4 is 25.6 Å². The third-order valence-electron chi connectivity index (χ3n) is 4.94. The van der Waals surface area contributed by atoms with E-state index < -0.39 is 8.07 Å². The van der Waals surface area contributed by atoms with Crippen LogP contribution < -0.4 is 0 Å². The van der Waals surface area contributed by atoms with Crippen LogP contribution in [-0.4, -0.2) is 45.2 Å². The third-order valence-corrected chi connectivity index (χ3v) is 6.90. The van der Waals surface area contributed by atoms with E-state index in [9.17, 15) is 4.79 Å². The Labute approximate surface area is 188 Å². The quantitative estimate of drug-likeness (QED) is 0.483. The number of halogens is 1. The molecule has 1 aromatic carbocycles. The zero-order valence-electron chi connectivity index (χ0n) is 18.1. The predicted octanol–water partition coefficient (Wildman–Crippen LogP) is 4.73. The van der Waals surface area contributed by atoms with Crippen LogP contribution in [0.2, 0.25) is 30.7 Å². The van der Waals surface area contributed by atoms with Gasteiger partial charge in [0.05, 0.1) is 11.6 Å². The molecule has 2 aromatic heterocycles. The Kier molecular flexibility index (Phi) is 6.88. The Bertz CT molecular complexity index is 1100. The Morgan fingerprint density at radius 3 is 2.65 bits per heavy atom. The summed E-state index contributed by atoms with van der Waals surface area (Å²) in [5, 5.41) is 13.8. The number of carbonyl (C=O) groups excluding carboxylic acids is 1. The van der Waals surface area contributed by atoms with Crippen molar-refractivity contribution in [2.45, 2.75) is 38.7 Å². The summed E-state index contributed by atoms with van der Waals surface area (Å²) in [5.41, 5.74) is 1.00. The van der Waals surface area contributed by atoms with Crippen molar-refractivity contribution in [1.82, 2.24) is 24.6 Å². The monoisotopic (exact) mass is 452 g/mol. The molecule has 0 aliphatic carbocycles. The summed E-state index contributed by atoms with van der Waals surface area (Å²) >= 11 is 6.13. The minimum atomic E-state index is -1.40. The normalized spacial score (nSPS) is 12.3. The van der Waals surface area contributed by atoms with Crippen molar-refractivity contribution in [2.24, 2.45) is 0 Å².